The second kappa shape index (κ2) is 14.4. The Kier molecular flexibility index (Phi) is 9.90. The molecule has 14 heteroatoms. The molecule has 0 radical (unpaired) electrons. The molecule has 0 bridgehead atoms. The van der Waals surface area contributed by atoms with Gasteiger partial charge < -0.3 is 9.47 Å². The molecule has 45 heavy (non-hydrogen) atoms. The van der Waals surface area contributed by atoms with Crippen LogP contribution in [0.3, 0.4) is 0 Å². The van der Waals surface area contributed by atoms with Crippen LogP contribution in [0.1, 0.15) is 26.3 Å². The van der Waals surface area contributed by atoms with Gasteiger partial charge in [-0.05, 0) is 60.7 Å². The molecule has 5 aromatic rings. The fourth-order valence-electron chi connectivity index (χ4n) is 3.61. The van der Waals surface area contributed by atoms with Crippen molar-refractivity contribution in [3.63, 3.8) is 0 Å². The van der Waals surface area contributed by atoms with Crippen LogP contribution < -0.4 is 20.2 Å². The number of nitrogens with one attached hydrogen (secondary N) is 2. The average Bonchev–Trinajstić information content (AvgIpc) is 3.51. The highest BCUT2D eigenvalue weighted by molar-refractivity contribution is 7.18. The minimum atomic E-state index is -1.09. The number of hydrogen-bond acceptors (Lipinski definition) is 10. The van der Waals surface area contributed by atoms with E-state index in [9.17, 15) is 19.2 Å². The van der Waals surface area contributed by atoms with Gasteiger partial charge in [0.15, 0.2) is 0 Å². The van der Waals surface area contributed by atoms with Gasteiger partial charge in [-0.25, -0.2) is 15.0 Å². The summed E-state index contributed by atoms with van der Waals surface area (Å²) in [6.07, 6.45) is 1.15. The van der Waals surface area contributed by atoms with E-state index < -0.39 is 23.8 Å². The highest BCUT2D eigenvalue weighted by Crippen LogP contribution is 2.27. The third-order valence-corrected chi connectivity index (χ3v) is 7.19. The van der Waals surface area contributed by atoms with Gasteiger partial charge in [-0.3, -0.25) is 14.9 Å². The Morgan fingerprint density at radius 2 is 1.36 bits per heavy atom. The lowest BCUT2D eigenvalue weighted by molar-refractivity contribution is -0.136. The van der Waals surface area contributed by atoms with E-state index in [-0.39, 0.29) is 33.3 Å². The molecule has 2 amide bonds. The van der Waals surface area contributed by atoms with Crippen molar-refractivity contribution in [2.24, 2.45) is 5.10 Å². The fourth-order valence-corrected chi connectivity index (χ4v) is 4.60. The lowest BCUT2D eigenvalue weighted by atomic mass is 10.2. The van der Waals surface area contributed by atoms with Crippen LogP contribution in [-0.2, 0) is 9.59 Å². The van der Waals surface area contributed by atoms with E-state index in [1.54, 1.807) is 12.1 Å². The van der Waals surface area contributed by atoms with Gasteiger partial charge in [-0.15, -0.1) is 10.2 Å². The maximum Gasteiger partial charge on any atom is 0.343 e. The Morgan fingerprint density at radius 1 is 0.733 bits per heavy atom. The van der Waals surface area contributed by atoms with E-state index in [4.69, 9.17) is 32.7 Å². The molecule has 0 saturated carbocycles. The standard InChI is InChI=1S/C31H19Cl2N5O6S/c32-22-11-6-19(7-12-22)29(41)43-24-15-10-21(25(16-24)44-30(42)20-8-13-23(33)14-9-20)17-34-36-27(40)26(39)35-31-38-37-28(45-31)18-4-2-1-3-5-18/h1-17H,(H,36,40)(H,35,38,39)/b34-17+. The van der Waals surface area contributed by atoms with Crippen molar-refractivity contribution in [2.75, 3.05) is 5.32 Å². The van der Waals surface area contributed by atoms with Crippen LogP contribution >= 0.6 is 34.5 Å². The van der Waals surface area contributed by atoms with Crippen molar-refractivity contribution in [2.45, 2.75) is 0 Å². The summed E-state index contributed by atoms with van der Waals surface area (Å²) in [6.45, 7) is 0. The molecular formula is C31H19Cl2N5O6S. The Labute approximate surface area is 269 Å². The summed E-state index contributed by atoms with van der Waals surface area (Å²) in [4.78, 5) is 50.2. The molecule has 0 fully saturated rings. The summed E-state index contributed by atoms with van der Waals surface area (Å²) >= 11 is 12.9. The minimum absolute atomic E-state index is 0.0545. The number of hydrazone groups is 1. The van der Waals surface area contributed by atoms with Crippen molar-refractivity contribution in [1.29, 1.82) is 0 Å². The van der Waals surface area contributed by atoms with Crippen LogP contribution in [0, 0.1) is 0 Å². The molecule has 11 nitrogen and oxygen atoms in total. The first kappa shape index (κ1) is 31.0. The number of carbonyl (C=O) groups excluding carboxylic acids is 4. The molecule has 1 aromatic heterocycles. The lowest BCUT2D eigenvalue weighted by Crippen LogP contribution is -2.32. The molecule has 0 aliphatic heterocycles. The summed E-state index contributed by atoms with van der Waals surface area (Å²) in [5.41, 5.74) is 3.57. The molecule has 0 atom stereocenters. The average molecular weight is 660 g/mol. The van der Waals surface area contributed by atoms with Crippen LogP contribution in [0.2, 0.25) is 10.0 Å². The molecule has 2 N–H and O–H groups in total. The van der Waals surface area contributed by atoms with Crippen LogP contribution in [0.25, 0.3) is 10.6 Å². The van der Waals surface area contributed by atoms with Gasteiger partial charge in [0.2, 0.25) is 5.13 Å². The molecule has 4 aromatic carbocycles. The van der Waals surface area contributed by atoms with Gasteiger partial charge >= 0.3 is 23.8 Å². The molecule has 0 saturated heterocycles. The number of hydrogen-bond donors (Lipinski definition) is 2. The smallest absolute Gasteiger partial charge is 0.343 e. The third kappa shape index (κ3) is 8.36. The van der Waals surface area contributed by atoms with Gasteiger partial charge in [0.1, 0.15) is 16.5 Å². The van der Waals surface area contributed by atoms with E-state index in [1.807, 2.05) is 30.3 Å². The molecule has 0 spiro atoms. The number of benzene rings is 4. The number of esters is 2. The summed E-state index contributed by atoms with van der Waals surface area (Å²) in [5.74, 6) is -3.52. The van der Waals surface area contributed by atoms with Crippen molar-refractivity contribution in [3.8, 4) is 22.1 Å². The largest absolute Gasteiger partial charge is 0.423 e. The summed E-state index contributed by atoms with van der Waals surface area (Å²) in [5, 5.41) is 15.6. The quantitative estimate of drug-likeness (QED) is 0.0673. The SMILES string of the molecule is O=C(N/N=C/c1ccc(OC(=O)c2ccc(Cl)cc2)cc1OC(=O)c1ccc(Cl)cc1)C(=O)Nc1nnc(-c2ccccc2)s1. The number of halogens is 2. The molecule has 0 aliphatic rings. The van der Waals surface area contributed by atoms with E-state index in [0.29, 0.717) is 15.1 Å². The molecular weight excluding hydrogens is 641 g/mol. The topological polar surface area (TPSA) is 149 Å². The van der Waals surface area contributed by atoms with E-state index in [2.05, 4.69) is 26.0 Å². The van der Waals surface area contributed by atoms with Crippen LogP contribution in [-0.4, -0.2) is 40.2 Å². The molecule has 224 valence electrons. The van der Waals surface area contributed by atoms with Crippen LogP contribution in [0.4, 0.5) is 5.13 Å². The predicted molar refractivity (Wildman–Crippen MR) is 169 cm³/mol. The zero-order valence-corrected chi connectivity index (χ0v) is 25.1. The summed E-state index contributed by atoms with van der Waals surface area (Å²) < 4.78 is 11.0. The Balaban J connectivity index is 1.28. The number of carbonyl (C=O) groups is 4. The number of rotatable bonds is 8. The number of nitrogens with zero attached hydrogens (tertiary/aromatic N) is 3. The number of amides is 2. The predicted octanol–water partition coefficient (Wildman–Crippen LogP) is 6.04. The van der Waals surface area contributed by atoms with Crippen LogP contribution in [0.15, 0.2) is 102 Å². The maximum atomic E-state index is 12.8. The molecule has 0 unspecified atom stereocenters. The second-order valence-corrected chi connectivity index (χ2v) is 10.8. The maximum absolute atomic E-state index is 12.8. The number of anilines is 1. The highest BCUT2D eigenvalue weighted by atomic mass is 35.5. The fraction of sp³-hybridized carbons (Fsp3) is 0. The Morgan fingerprint density at radius 3 is 2.00 bits per heavy atom. The first-order chi connectivity index (χ1) is 21.7. The Hall–Kier alpha value is -5.43. The Bertz CT molecular complexity index is 1900. The van der Waals surface area contributed by atoms with E-state index in [0.717, 1.165) is 23.1 Å². The zero-order chi connectivity index (χ0) is 31.8. The van der Waals surface area contributed by atoms with Gasteiger partial charge in [-0.1, -0.05) is 64.9 Å². The first-order valence-electron chi connectivity index (χ1n) is 12.9. The normalized spacial score (nSPS) is 10.7. The second-order valence-electron chi connectivity index (χ2n) is 8.92. The van der Waals surface area contributed by atoms with Crippen LogP contribution in [0.5, 0.6) is 11.5 Å². The van der Waals surface area contributed by atoms with Crippen molar-refractivity contribution in [1.82, 2.24) is 15.6 Å². The minimum Gasteiger partial charge on any atom is -0.423 e. The summed E-state index contributed by atoms with van der Waals surface area (Å²) in [7, 11) is 0. The van der Waals surface area contributed by atoms with Crippen molar-refractivity contribution < 1.29 is 28.7 Å². The molecule has 0 aliphatic carbocycles. The summed E-state index contributed by atoms with van der Waals surface area (Å²) in [6, 6.07) is 25.5. The van der Waals surface area contributed by atoms with Crippen molar-refractivity contribution >= 4 is 69.6 Å². The molecule has 5 rings (SSSR count). The number of ether oxygens (including phenoxy) is 2. The third-order valence-electron chi connectivity index (χ3n) is 5.80. The first-order valence-corrected chi connectivity index (χ1v) is 14.5. The molecule has 1 heterocycles. The lowest BCUT2D eigenvalue weighted by Gasteiger charge is -2.11. The van der Waals surface area contributed by atoms with Gasteiger partial charge in [0.25, 0.3) is 0 Å². The van der Waals surface area contributed by atoms with E-state index in [1.165, 1.54) is 54.6 Å². The van der Waals surface area contributed by atoms with E-state index >= 15 is 0 Å². The zero-order valence-electron chi connectivity index (χ0n) is 22.8. The van der Waals surface area contributed by atoms with Gasteiger partial charge in [0, 0.05) is 27.2 Å². The number of aromatic nitrogens is 2. The monoisotopic (exact) mass is 659 g/mol. The highest BCUT2D eigenvalue weighted by Gasteiger charge is 2.18. The van der Waals surface area contributed by atoms with Gasteiger partial charge in [0.05, 0.1) is 17.3 Å². The van der Waals surface area contributed by atoms with Gasteiger partial charge in [-0.2, -0.15) is 5.10 Å². The van der Waals surface area contributed by atoms with Crippen molar-refractivity contribution in [3.05, 3.63) is 124 Å².